The zero-order chi connectivity index (χ0) is 23.9. The zero-order valence-corrected chi connectivity index (χ0v) is 19.3. The monoisotopic (exact) mass is 469 g/mol. The number of aromatic amines is 1. The number of rotatable bonds is 6. The molecule has 0 aliphatic heterocycles. The molecule has 2 fully saturated rings. The number of Topliss-reactive ketones (excluding diaryl/α,β-unsaturated/α-hetero) is 1. The average Bonchev–Trinajstić information content (AvgIpc) is 3.61. The predicted molar refractivity (Wildman–Crippen MR) is 135 cm³/mol. The molecule has 4 aromatic rings. The molecule has 8 heteroatoms. The highest BCUT2D eigenvalue weighted by Crippen LogP contribution is 2.38. The second-order valence-corrected chi connectivity index (χ2v) is 9.69. The summed E-state index contributed by atoms with van der Waals surface area (Å²) in [6.07, 6.45) is 7.53. The molecule has 6 rings (SSSR count). The highest BCUT2D eigenvalue weighted by molar-refractivity contribution is 6.10. The summed E-state index contributed by atoms with van der Waals surface area (Å²) in [4.78, 5) is 36.3. The Kier molecular flexibility index (Phi) is 5.36. The van der Waals surface area contributed by atoms with Gasteiger partial charge in [0.1, 0.15) is 0 Å². The lowest BCUT2D eigenvalue weighted by Crippen LogP contribution is -2.39. The molecule has 0 bridgehead atoms. The maximum Gasteiger partial charge on any atom is 0.404 e. The molecule has 0 radical (unpaired) electrons. The van der Waals surface area contributed by atoms with Gasteiger partial charge in [-0.05, 0) is 73.9 Å². The second-order valence-electron chi connectivity index (χ2n) is 9.69. The van der Waals surface area contributed by atoms with Gasteiger partial charge >= 0.3 is 6.09 Å². The number of hydrogen-bond acceptors (Lipinski definition) is 5. The number of pyridine rings is 1. The van der Waals surface area contributed by atoms with Crippen LogP contribution in [-0.2, 0) is 0 Å². The van der Waals surface area contributed by atoms with E-state index in [-0.39, 0.29) is 23.8 Å². The number of benzene rings is 2. The van der Waals surface area contributed by atoms with Gasteiger partial charge < -0.3 is 20.7 Å². The van der Waals surface area contributed by atoms with E-state index in [1.165, 1.54) is 0 Å². The van der Waals surface area contributed by atoms with Crippen molar-refractivity contribution in [1.82, 2.24) is 20.3 Å². The number of nitrogens with zero attached hydrogens (tertiary/aromatic N) is 2. The Balaban J connectivity index is 1.37. The lowest BCUT2D eigenvalue weighted by atomic mass is 9.90. The van der Waals surface area contributed by atoms with Crippen molar-refractivity contribution in [3.8, 4) is 11.1 Å². The van der Waals surface area contributed by atoms with E-state index in [4.69, 9.17) is 5.11 Å². The van der Waals surface area contributed by atoms with Gasteiger partial charge in [-0.3, -0.25) is 9.78 Å². The van der Waals surface area contributed by atoms with Gasteiger partial charge in [0.2, 0.25) is 0 Å². The quantitative estimate of drug-likeness (QED) is 0.282. The van der Waals surface area contributed by atoms with E-state index in [1.807, 2.05) is 12.1 Å². The summed E-state index contributed by atoms with van der Waals surface area (Å²) in [6, 6.07) is 12.5. The fourth-order valence-electron chi connectivity index (χ4n) is 5.16. The molecule has 4 N–H and O–H groups in total. The van der Waals surface area contributed by atoms with Crippen LogP contribution in [0.1, 0.15) is 48.9 Å². The van der Waals surface area contributed by atoms with Gasteiger partial charge in [0.15, 0.2) is 5.78 Å². The number of fused-ring (bicyclic) bond motifs is 2. The number of nitrogens with one attached hydrogen (secondary N) is 3. The van der Waals surface area contributed by atoms with Crippen LogP contribution in [0.3, 0.4) is 0 Å². The van der Waals surface area contributed by atoms with Gasteiger partial charge in [0.05, 0.1) is 34.1 Å². The lowest BCUT2D eigenvalue weighted by Gasteiger charge is -2.30. The Labute approximate surface area is 202 Å². The molecule has 2 aromatic heterocycles. The molecule has 2 heterocycles. The molecule has 8 nitrogen and oxygen atoms in total. The van der Waals surface area contributed by atoms with E-state index < -0.39 is 6.09 Å². The summed E-state index contributed by atoms with van der Waals surface area (Å²) in [7, 11) is 0. The van der Waals surface area contributed by atoms with Crippen molar-refractivity contribution in [2.24, 2.45) is 5.92 Å². The van der Waals surface area contributed by atoms with Gasteiger partial charge in [0, 0.05) is 29.6 Å². The number of H-pyrrole nitrogens is 1. The van der Waals surface area contributed by atoms with E-state index >= 15 is 0 Å². The van der Waals surface area contributed by atoms with E-state index in [1.54, 1.807) is 12.5 Å². The van der Waals surface area contributed by atoms with Crippen molar-refractivity contribution in [2.75, 3.05) is 5.32 Å². The number of carbonyl (C=O) groups excluding carboxylic acids is 1. The number of anilines is 1. The van der Waals surface area contributed by atoms with Crippen LogP contribution in [0.15, 0.2) is 48.9 Å². The van der Waals surface area contributed by atoms with Crippen LogP contribution in [-0.4, -0.2) is 44.0 Å². The zero-order valence-electron chi connectivity index (χ0n) is 19.3. The van der Waals surface area contributed by atoms with Crippen LogP contribution in [0.25, 0.3) is 33.1 Å². The second kappa shape index (κ2) is 8.69. The highest BCUT2D eigenvalue weighted by atomic mass is 16.4. The Hall–Kier alpha value is -3.94. The normalized spacial score (nSPS) is 20.1. The van der Waals surface area contributed by atoms with Crippen LogP contribution < -0.4 is 10.6 Å². The number of amides is 1. The number of carboxylic acid groups (broad SMARTS) is 1. The molecule has 2 aliphatic rings. The first-order valence-corrected chi connectivity index (χ1v) is 12.2. The maximum absolute atomic E-state index is 13.2. The summed E-state index contributed by atoms with van der Waals surface area (Å²) in [5.74, 6) is 0.253. The standard InChI is InChI=1S/C27H27N5O3/c33-26(15-1-2-15)21-13-28-22-9-3-16(17-4-10-23-24(12-17)30-14-29-23)11-20(22)25(21)31-18-5-7-19(8-6-18)32-27(34)35/h3-4,9-15,18-19,32H,1-2,5-8H2,(H,28,31)(H,29,30)(H,34,35). The summed E-state index contributed by atoms with van der Waals surface area (Å²) >= 11 is 0. The number of aromatic nitrogens is 3. The van der Waals surface area contributed by atoms with Crippen molar-refractivity contribution in [3.05, 3.63) is 54.5 Å². The first-order valence-electron chi connectivity index (χ1n) is 12.2. The Bertz CT molecular complexity index is 1430. The molecule has 2 saturated carbocycles. The van der Waals surface area contributed by atoms with Gasteiger partial charge in [0.25, 0.3) is 0 Å². The van der Waals surface area contributed by atoms with Crippen LogP contribution >= 0.6 is 0 Å². The largest absolute Gasteiger partial charge is 0.465 e. The molecule has 178 valence electrons. The Morgan fingerprint density at radius 3 is 2.34 bits per heavy atom. The molecule has 1 amide bonds. The van der Waals surface area contributed by atoms with Gasteiger partial charge in [-0.2, -0.15) is 0 Å². The van der Waals surface area contributed by atoms with Gasteiger partial charge in [-0.15, -0.1) is 0 Å². The van der Waals surface area contributed by atoms with Crippen molar-refractivity contribution in [1.29, 1.82) is 0 Å². The van der Waals surface area contributed by atoms with E-state index in [2.05, 4.69) is 49.9 Å². The minimum absolute atomic E-state index is 0.0173. The van der Waals surface area contributed by atoms with E-state index in [0.717, 1.165) is 77.3 Å². The third-order valence-corrected chi connectivity index (χ3v) is 7.24. The first kappa shape index (κ1) is 21.6. The lowest BCUT2D eigenvalue weighted by molar-refractivity contribution is 0.0968. The summed E-state index contributed by atoms with van der Waals surface area (Å²) < 4.78 is 0. The number of carbonyl (C=O) groups is 2. The third-order valence-electron chi connectivity index (χ3n) is 7.24. The summed E-state index contributed by atoms with van der Waals surface area (Å²) in [5.41, 5.74) is 6.36. The van der Waals surface area contributed by atoms with Gasteiger partial charge in [-0.25, -0.2) is 9.78 Å². The molecular weight excluding hydrogens is 442 g/mol. The molecule has 2 aliphatic carbocycles. The maximum atomic E-state index is 13.2. The van der Waals surface area contributed by atoms with Crippen molar-refractivity contribution >= 4 is 39.5 Å². The fraction of sp³-hybridized carbons (Fsp3) is 0.333. The SMILES string of the molecule is O=C(O)NC1CCC(Nc2c(C(=O)C3CC3)cnc3ccc(-c4ccc5nc[nH]c5c4)cc23)CC1. The van der Waals surface area contributed by atoms with Crippen LogP contribution in [0.5, 0.6) is 0 Å². The summed E-state index contributed by atoms with van der Waals surface area (Å²) in [5, 5.41) is 16.2. The summed E-state index contributed by atoms with van der Waals surface area (Å²) in [6.45, 7) is 0. The van der Waals surface area contributed by atoms with Crippen LogP contribution in [0, 0.1) is 5.92 Å². The van der Waals surface area contributed by atoms with Crippen molar-refractivity contribution < 1.29 is 14.7 Å². The number of ketones is 1. The first-order chi connectivity index (χ1) is 17.0. The molecule has 0 atom stereocenters. The Morgan fingerprint density at radius 2 is 1.60 bits per heavy atom. The third kappa shape index (κ3) is 4.32. The number of hydrogen-bond donors (Lipinski definition) is 4. The van der Waals surface area contributed by atoms with E-state index in [9.17, 15) is 9.59 Å². The molecule has 2 aromatic carbocycles. The van der Waals surface area contributed by atoms with Crippen molar-refractivity contribution in [3.63, 3.8) is 0 Å². The molecule has 0 saturated heterocycles. The van der Waals surface area contributed by atoms with Gasteiger partial charge in [-0.1, -0.05) is 12.1 Å². The predicted octanol–water partition coefficient (Wildman–Crippen LogP) is 5.36. The van der Waals surface area contributed by atoms with E-state index in [0.29, 0.717) is 5.56 Å². The van der Waals surface area contributed by atoms with Crippen LogP contribution in [0.4, 0.5) is 10.5 Å². The topological polar surface area (TPSA) is 120 Å². The fourth-order valence-corrected chi connectivity index (χ4v) is 5.16. The Morgan fingerprint density at radius 1 is 0.886 bits per heavy atom. The van der Waals surface area contributed by atoms with Crippen LogP contribution in [0.2, 0.25) is 0 Å². The highest BCUT2D eigenvalue weighted by Gasteiger charge is 2.33. The smallest absolute Gasteiger partial charge is 0.404 e. The molecule has 0 spiro atoms. The number of imidazole rings is 1. The molecule has 35 heavy (non-hydrogen) atoms. The minimum Gasteiger partial charge on any atom is -0.465 e. The average molecular weight is 470 g/mol. The molecule has 0 unspecified atom stereocenters. The molecular formula is C27H27N5O3. The minimum atomic E-state index is -0.972. The van der Waals surface area contributed by atoms with Crippen molar-refractivity contribution in [2.45, 2.75) is 50.6 Å².